The Hall–Kier alpha value is -0.610. The first-order chi connectivity index (χ1) is 5.86. The summed E-state index contributed by atoms with van der Waals surface area (Å²) in [6, 6.07) is 0.203. The Labute approximate surface area is 75.6 Å². The van der Waals surface area contributed by atoms with Gasteiger partial charge in [0, 0.05) is 17.6 Å². The van der Waals surface area contributed by atoms with Gasteiger partial charge in [0.25, 0.3) is 5.19 Å². The smallest absolute Gasteiger partial charge is 0.273 e. The third kappa shape index (κ3) is 1.59. The molecule has 2 atom stereocenters. The zero-order valence-electron chi connectivity index (χ0n) is 6.77. The molecule has 2 N–H and O–H groups in total. The van der Waals surface area contributed by atoms with Gasteiger partial charge in [0.2, 0.25) is 0 Å². The largest absolute Gasteiger partial charge is 0.465 e. The van der Waals surface area contributed by atoms with E-state index in [1.807, 2.05) is 5.38 Å². The first-order valence-corrected chi connectivity index (χ1v) is 5.06. The molecule has 1 aliphatic rings. The van der Waals surface area contributed by atoms with Gasteiger partial charge in [-0.2, -0.15) is 0 Å². The minimum atomic E-state index is 0.191. The van der Waals surface area contributed by atoms with Gasteiger partial charge in [-0.25, -0.2) is 4.98 Å². The van der Waals surface area contributed by atoms with E-state index in [4.69, 9.17) is 10.5 Å². The predicted molar refractivity (Wildman–Crippen MR) is 48.4 cm³/mol. The highest BCUT2D eigenvalue weighted by atomic mass is 32.1. The second-order valence-electron chi connectivity index (χ2n) is 3.05. The number of hydrogen-bond acceptors (Lipinski definition) is 4. The van der Waals surface area contributed by atoms with Crippen LogP contribution in [0.15, 0.2) is 11.6 Å². The molecule has 2 rings (SSSR count). The maximum absolute atomic E-state index is 5.85. The number of thiazole rings is 1. The summed E-state index contributed by atoms with van der Waals surface area (Å²) in [5, 5.41) is 2.66. The molecule has 0 amide bonds. The van der Waals surface area contributed by atoms with E-state index in [-0.39, 0.29) is 12.1 Å². The van der Waals surface area contributed by atoms with Crippen LogP contribution in [0.4, 0.5) is 0 Å². The van der Waals surface area contributed by atoms with Crippen molar-refractivity contribution in [2.45, 2.75) is 31.4 Å². The van der Waals surface area contributed by atoms with Crippen molar-refractivity contribution in [1.82, 2.24) is 4.98 Å². The molecule has 66 valence electrons. The summed E-state index contributed by atoms with van der Waals surface area (Å²) < 4.78 is 5.61. The van der Waals surface area contributed by atoms with Crippen molar-refractivity contribution in [3.05, 3.63) is 11.6 Å². The fraction of sp³-hybridized carbons (Fsp3) is 0.625. The van der Waals surface area contributed by atoms with Gasteiger partial charge in [-0.1, -0.05) is 11.3 Å². The number of hydrogen-bond donors (Lipinski definition) is 1. The lowest BCUT2D eigenvalue weighted by atomic mass is 10.2. The molecule has 0 aliphatic heterocycles. The normalized spacial score (nSPS) is 29.1. The molecule has 4 heteroatoms. The predicted octanol–water partition coefficient (Wildman–Crippen LogP) is 1.40. The lowest BCUT2D eigenvalue weighted by Gasteiger charge is -2.14. The van der Waals surface area contributed by atoms with Gasteiger partial charge >= 0.3 is 0 Å². The van der Waals surface area contributed by atoms with Gasteiger partial charge < -0.3 is 10.5 Å². The van der Waals surface area contributed by atoms with Crippen LogP contribution in [0, 0.1) is 0 Å². The topological polar surface area (TPSA) is 48.1 Å². The zero-order valence-corrected chi connectivity index (χ0v) is 7.59. The highest BCUT2D eigenvalue weighted by molar-refractivity contribution is 7.11. The third-order valence-corrected chi connectivity index (χ3v) is 2.83. The molecule has 1 aromatic rings. The average molecular weight is 184 g/mol. The van der Waals surface area contributed by atoms with E-state index in [9.17, 15) is 0 Å². The number of nitrogens with zero attached hydrogens (tertiary/aromatic N) is 1. The minimum Gasteiger partial charge on any atom is -0.465 e. The molecule has 1 aromatic heterocycles. The summed E-state index contributed by atoms with van der Waals surface area (Å²) in [4.78, 5) is 4.05. The van der Waals surface area contributed by atoms with Crippen LogP contribution in [0.1, 0.15) is 19.3 Å². The van der Waals surface area contributed by atoms with Crippen LogP contribution in [-0.4, -0.2) is 17.1 Å². The van der Waals surface area contributed by atoms with E-state index in [2.05, 4.69) is 4.98 Å². The molecular formula is C8H12N2OS. The SMILES string of the molecule is NC1CCCC1Oc1nccs1. The Morgan fingerprint density at radius 2 is 2.50 bits per heavy atom. The van der Waals surface area contributed by atoms with Crippen LogP contribution >= 0.6 is 11.3 Å². The molecule has 0 spiro atoms. The van der Waals surface area contributed by atoms with Gasteiger partial charge in [-0.05, 0) is 19.3 Å². The quantitative estimate of drug-likeness (QED) is 0.755. The number of aromatic nitrogens is 1. The molecule has 0 bridgehead atoms. The van der Waals surface area contributed by atoms with Crippen LogP contribution < -0.4 is 10.5 Å². The van der Waals surface area contributed by atoms with Crippen molar-refractivity contribution >= 4 is 11.3 Å². The summed E-state index contributed by atoms with van der Waals surface area (Å²) in [6.07, 6.45) is 5.27. The Kier molecular flexibility index (Phi) is 2.28. The van der Waals surface area contributed by atoms with Crippen LogP contribution in [0.5, 0.6) is 5.19 Å². The second kappa shape index (κ2) is 3.41. The molecule has 0 radical (unpaired) electrons. The van der Waals surface area contributed by atoms with Crippen molar-refractivity contribution in [1.29, 1.82) is 0 Å². The van der Waals surface area contributed by atoms with Gasteiger partial charge in [0.15, 0.2) is 0 Å². The average Bonchev–Trinajstić information content (AvgIpc) is 2.65. The highest BCUT2D eigenvalue weighted by Gasteiger charge is 2.25. The maximum atomic E-state index is 5.85. The van der Waals surface area contributed by atoms with Crippen molar-refractivity contribution < 1.29 is 4.74 Å². The van der Waals surface area contributed by atoms with E-state index in [0.717, 1.165) is 18.0 Å². The molecule has 2 unspecified atom stereocenters. The Morgan fingerprint density at radius 3 is 3.08 bits per heavy atom. The van der Waals surface area contributed by atoms with Gasteiger partial charge in [-0.3, -0.25) is 0 Å². The van der Waals surface area contributed by atoms with Crippen LogP contribution in [0.2, 0.25) is 0 Å². The van der Waals surface area contributed by atoms with Crippen molar-refractivity contribution in [2.75, 3.05) is 0 Å². The van der Waals surface area contributed by atoms with Crippen LogP contribution in [0.25, 0.3) is 0 Å². The summed E-state index contributed by atoms with van der Waals surface area (Å²) in [6.45, 7) is 0. The van der Waals surface area contributed by atoms with E-state index >= 15 is 0 Å². The van der Waals surface area contributed by atoms with Crippen molar-refractivity contribution in [3.8, 4) is 5.19 Å². The van der Waals surface area contributed by atoms with Crippen LogP contribution in [0.3, 0.4) is 0 Å². The number of nitrogens with two attached hydrogens (primary N) is 1. The molecule has 12 heavy (non-hydrogen) atoms. The summed E-state index contributed by atoms with van der Waals surface area (Å²) in [7, 11) is 0. The maximum Gasteiger partial charge on any atom is 0.273 e. The molecule has 0 saturated heterocycles. The first kappa shape index (κ1) is 8.01. The van der Waals surface area contributed by atoms with Gasteiger partial charge in [0.1, 0.15) is 6.10 Å². The van der Waals surface area contributed by atoms with E-state index < -0.39 is 0 Å². The molecule has 3 nitrogen and oxygen atoms in total. The van der Waals surface area contributed by atoms with E-state index in [1.54, 1.807) is 6.20 Å². The highest BCUT2D eigenvalue weighted by Crippen LogP contribution is 2.24. The lowest BCUT2D eigenvalue weighted by Crippen LogP contribution is -2.33. The molecule has 1 saturated carbocycles. The zero-order chi connectivity index (χ0) is 8.39. The summed E-state index contributed by atoms with van der Waals surface area (Å²) >= 11 is 1.52. The van der Waals surface area contributed by atoms with E-state index in [0.29, 0.717) is 0 Å². The van der Waals surface area contributed by atoms with E-state index in [1.165, 1.54) is 17.8 Å². The number of ether oxygens (including phenoxy) is 1. The number of rotatable bonds is 2. The van der Waals surface area contributed by atoms with Gasteiger partial charge in [0.05, 0.1) is 0 Å². The molecule has 1 fully saturated rings. The Balaban J connectivity index is 1.95. The van der Waals surface area contributed by atoms with Crippen molar-refractivity contribution in [3.63, 3.8) is 0 Å². The van der Waals surface area contributed by atoms with Crippen molar-refractivity contribution in [2.24, 2.45) is 5.73 Å². The molecule has 1 aliphatic carbocycles. The monoisotopic (exact) mass is 184 g/mol. The fourth-order valence-corrected chi connectivity index (χ4v) is 2.04. The third-order valence-electron chi connectivity index (χ3n) is 2.17. The Morgan fingerprint density at radius 1 is 1.58 bits per heavy atom. The summed E-state index contributed by atoms with van der Waals surface area (Å²) in [5.41, 5.74) is 5.85. The van der Waals surface area contributed by atoms with Crippen LogP contribution in [-0.2, 0) is 0 Å². The first-order valence-electron chi connectivity index (χ1n) is 4.18. The lowest BCUT2D eigenvalue weighted by molar-refractivity contribution is 0.191. The Bertz CT molecular complexity index is 237. The molecular weight excluding hydrogens is 172 g/mol. The fourth-order valence-electron chi connectivity index (χ4n) is 1.50. The summed E-state index contributed by atoms with van der Waals surface area (Å²) in [5.74, 6) is 0. The standard InChI is InChI=1S/C8H12N2OS/c9-6-2-1-3-7(6)11-8-10-4-5-12-8/h4-7H,1-3,9H2. The minimum absolute atomic E-state index is 0.191. The molecule has 0 aromatic carbocycles. The van der Waals surface area contributed by atoms with Gasteiger partial charge in [-0.15, -0.1) is 0 Å². The molecule has 1 heterocycles. The second-order valence-corrected chi connectivity index (χ2v) is 3.91.